The van der Waals surface area contributed by atoms with E-state index in [0.717, 1.165) is 5.56 Å². The van der Waals surface area contributed by atoms with Crippen LogP contribution in [0, 0.1) is 6.92 Å². The van der Waals surface area contributed by atoms with Gasteiger partial charge in [0.15, 0.2) is 0 Å². The van der Waals surface area contributed by atoms with E-state index in [0.29, 0.717) is 21.3 Å². The van der Waals surface area contributed by atoms with Crippen molar-refractivity contribution in [3.63, 3.8) is 0 Å². The van der Waals surface area contributed by atoms with E-state index in [2.05, 4.69) is 21.2 Å². The summed E-state index contributed by atoms with van der Waals surface area (Å²) in [6.45, 7) is 1.91. The number of rotatable bonds is 3. The Morgan fingerprint density at radius 3 is 2.60 bits per heavy atom. The van der Waals surface area contributed by atoms with Crippen LogP contribution in [-0.2, 0) is 0 Å². The molecule has 2 aromatic rings. The van der Waals surface area contributed by atoms with E-state index < -0.39 is 5.91 Å². The highest BCUT2D eigenvalue weighted by Crippen LogP contribution is 2.20. The van der Waals surface area contributed by atoms with E-state index in [1.54, 1.807) is 30.3 Å². The standard InChI is InChI=1S/C15H13BrN2O2/c1-9-5-6-13(16)12(7-9)15(20)18-11-4-2-3-10(8-11)14(17)19/h2-8H,1H3,(H2,17,19)(H,18,20). The minimum Gasteiger partial charge on any atom is -0.366 e. The highest BCUT2D eigenvalue weighted by Gasteiger charge is 2.11. The van der Waals surface area contributed by atoms with Crippen molar-refractivity contribution in [2.75, 3.05) is 5.32 Å². The van der Waals surface area contributed by atoms with Crippen LogP contribution < -0.4 is 11.1 Å². The number of carbonyl (C=O) groups excluding carboxylic acids is 2. The molecule has 2 amide bonds. The molecule has 0 saturated carbocycles. The van der Waals surface area contributed by atoms with Crippen LogP contribution in [0.4, 0.5) is 5.69 Å². The van der Waals surface area contributed by atoms with Gasteiger partial charge in [-0.2, -0.15) is 0 Å². The molecule has 0 bridgehead atoms. The van der Waals surface area contributed by atoms with Crippen LogP contribution in [0.3, 0.4) is 0 Å². The van der Waals surface area contributed by atoms with Gasteiger partial charge in [-0.1, -0.05) is 17.7 Å². The molecule has 0 fully saturated rings. The van der Waals surface area contributed by atoms with Crippen LogP contribution in [0.5, 0.6) is 0 Å². The Bertz CT molecular complexity index is 683. The summed E-state index contributed by atoms with van der Waals surface area (Å²) in [7, 11) is 0. The Morgan fingerprint density at radius 1 is 1.15 bits per heavy atom. The number of hydrogen-bond acceptors (Lipinski definition) is 2. The first-order valence-electron chi connectivity index (χ1n) is 5.95. The second kappa shape index (κ2) is 5.88. The van der Waals surface area contributed by atoms with Gasteiger partial charge >= 0.3 is 0 Å². The van der Waals surface area contributed by atoms with Crippen LogP contribution in [0.2, 0.25) is 0 Å². The van der Waals surface area contributed by atoms with Gasteiger partial charge in [-0.15, -0.1) is 0 Å². The molecule has 0 spiro atoms. The van der Waals surface area contributed by atoms with Gasteiger partial charge in [0.2, 0.25) is 5.91 Å². The fourth-order valence-electron chi connectivity index (χ4n) is 1.76. The van der Waals surface area contributed by atoms with Gasteiger partial charge in [0.1, 0.15) is 0 Å². The van der Waals surface area contributed by atoms with Gasteiger partial charge in [0, 0.05) is 15.7 Å². The molecule has 0 atom stereocenters. The molecular formula is C15H13BrN2O2. The number of halogens is 1. The minimum atomic E-state index is -0.530. The van der Waals surface area contributed by atoms with Crippen molar-refractivity contribution >= 4 is 33.4 Å². The molecule has 0 aliphatic carbocycles. The molecule has 0 aromatic heterocycles. The van der Waals surface area contributed by atoms with Crippen molar-refractivity contribution in [3.8, 4) is 0 Å². The zero-order chi connectivity index (χ0) is 14.7. The van der Waals surface area contributed by atoms with E-state index in [9.17, 15) is 9.59 Å². The Labute approximate surface area is 125 Å². The fraction of sp³-hybridized carbons (Fsp3) is 0.0667. The largest absolute Gasteiger partial charge is 0.366 e. The lowest BCUT2D eigenvalue weighted by Gasteiger charge is -2.08. The lowest BCUT2D eigenvalue weighted by molar-refractivity contribution is 0.0996. The number of hydrogen-bond donors (Lipinski definition) is 2. The van der Waals surface area contributed by atoms with E-state index in [1.807, 2.05) is 19.1 Å². The number of carbonyl (C=O) groups is 2. The number of aryl methyl sites for hydroxylation is 1. The topological polar surface area (TPSA) is 72.2 Å². The molecule has 0 aliphatic rings. The number of anilines is 1. The molecule has 0 heterocycles. The average molecular weight is 333 g/mol. The number of nitrogens with one attached hydrogen (secondary N) is 1. The maximum Gasteiger partial charge on any atom is 0.256 e. The summed E-state index contributed by atoms with van der Waals surface area (Å²) in [6, 6.07) is 12.0. The monoisotopic (exact) mass is 332 g/mol. The van der Waals surface area contributed by atoms with Crippen LogP contribution in [0.1, 0.15) is 26.3 Å². The number of nitrogens with two attached hydrogens (primary N) is 1. The van der Waals surface area contributed by atoms with Crippen molar-refractivity contribution < 1.29 is 9.59 Å². The quantitative estimate of drug-likeness (QED) is 0.906. The van der Waals surface area contributed by atoms with Crippen molar-refractivity contribution in [3.05, 3.63) is 63.6 Å². The van der Waals surface area contributed by atoms with Crippen LogP contribution >= 0.6 is 15.9 Å². The molecule has 102 valence electrons. The van der Waals surface area contributed by atoms with E-state index in [4.69, 9.17) is 5.73 Å². The van der Waals surface area contributed by atoms with Crippen LogP contribution in [0.15, 0.2) is 46.9 Å². The molecule has 0 aliphatic heterocycles. The SMILES string of the molecule is Cc1ccc(Br)c(C(=O)Nc2cccc(C(N)=O)c2)c1. The van der Waals surface area contributed by atoms with Crippen molar-refractivity contribution in [1.29, 1.82) is 0 Å². The van der Waals surface area contributed by atoms with Gasteiger partial charge in [0.25, 0.3) is 5.91 Å². The van der Waals surface area contributed by atoms with Gasteiger partial charge in [-0.3, -0.25) is 9.59 Å². The molecule has 3 N–H and O–H groups in total. The summed E-state index contributed by atoms with van der Waals surface area (Å²) in [6.07, 6.45) is 0. The number of benzene rings is 2. The number of primary amides is 1. The Hall–Kier alpha value is -2.14. The van der Waals surface area contributed by atoms with Crippen molar-refractivity contribution in [1.82, 2.24) is 0 Å². The zero-order valence-electron chi connectivity index (χ0n) is 10.8. The lowest BCUT2D eigenvalue weighted by Crippen LogP contribution is -2.15. The first-order chi connectivity index (χ1) is 9.47. The molecule has 4 nitrogen and oxygen atoms in total. The summed E-state index contributed by atoms with van der Waals surface area (Å²) < 4.78 is 0.714. The average Bonchev–Trinajstić information content (AvgIpc) is 2.41. The molecule has 2 aromatic carbocycles. The van der Waals surface area contributed by atoms with E-state index >= 15 is 0 Å². The van der Waals surface area contributed by atoms with Crippen molar-refractivity contribution in [2.24, 2.45) is 5.73 Å². The Morgan fingerprint density at radius 2 is 1.90 bits per heavy atom. The summed E-state index contributed by atoms with van der Waals surface area (Å²) in [5, 5.41) is 2.74. The smallest absolute Gasteiger partial charge is 0.256 e. The predicted molar refractivity (Wildman–Crippen MR) is 81.8 cm³/mol. The van der Waals surface area contributed by atoms with Gasteiger partial charge in [-0.25, -0.2) is 0 Å². The highest BCUT2D eigenvalue weighted by atomic mass is 79.9. The second-order valence-electron chi connectivity index (χ2n) is 4.38. The first kappa shape index (κ1) is 14.3. The fourth-order valence-corrected chi connectivity index (χ4v) is 2.19. The third kappa shape index (κ3) is 3.24. The maximum absolute atomic E-state index is 12.2. The third-order valence-corrected chi connectivity index (χ3v) is 3.46. The molecule has 5 heteroatoms. The van der Waals surface area contributed by atoms with E-state index in [-0.39, 0.29) is 5.91 Å². The molecule has 20 heavy (non-hydrogen) atoms. The summed E-state index contributed by atoms with van der Waals surface area (Å²) in [4.78, 5) is 23.3. The third-order valence-electron chi connectivity index (χ3n) is 2.77. The Kier molecular flexibility index (Phi) is 4.20. The van der Waals surface area contributed by atoms with Crippen LogP contribution in [0.25, 0.3) is 0 Å². The first-order valence-corrected chi connectivity index (χ1v) is 6.74. The Balaban J connectivity index is 2.25. The van der Waals surface area contributed by atoms with Gasteiger partial charge in [0.05, 0.1) is 5.56 Å². The van der Waals surface area contributed by atoms with Gasteiger partial charge in [-0.05, 0) is 53.2 Å². The highest BCUT2D eigenvalue weighted by molar-refractivity contribution is 9.10. The van der Waals surface area contributed by atoms with Gasteiger partial charge < -0.3 is 11.1 Å². The second-order valence-corrected chi connectivity index (χ2v) is 5.24. The predicted octanol–water partition coefficient (Wildman–Crippen LogP) is 3.11. The summed E-state index contributed by atoms with van der Waals surface area (Å²) in [5.41, 5.74) is 7.62. The summed E-state index contributed by atoms with van der Waals surface area (Å²) in [5.74, 6) is -0.778. The zero-order valence-corrected chi connectivity index (χ0v) is 12.4. The molecule has 0 saturated heterocycles. The number of amides is 2. The normalized spacial score (nSPS) is 10.1. The lowest BCUT2D eigenvalue weighted by atomic mass is 10.1. The molecule has 0 unspecified atom stereocenters. The molecule has 2 rings (SSSR count). The van der Waals surface area contributed by atoms with Crippen molar-refractivity contribution in [2.45, 2.75) is 6.92 Å². The summed E-state index contributed by atoms with van der Waals surface area (Å²) >= 11 is 3.35. The minimum absolute atomic E-state index is 0.248. The molecular weight excluding hydrogens is 320 g/mol. The van der Waals surface area contributed by atoms with E-state index in [1.165, 1.54) is 0 Å². The maximum atomic E-state index is 12.2. The molecule has 0 radical (unpaired) electrons. The van der Waals surface area contributed by atoms with Crippen LogP contribution in [-0.4, -0.2) is 11.8 Å².